The smallest absolute Gasteiger partial charge is 0.416 e. The predicted molar refractivity (Wildman–Crippen MR) is 111 cm³/mol. The molecular weight excluding hydrogens is 409 g/mol. The maximum atomic E-state index is 12.7. The van der Waals surface area contributed by atoms with Gasteiger partial charge in [-0.05, 0) is 48.6 Å². The maximum Gasteiger partial charge on any atom is 0.416 e. The molecule has 1 fully saturated rings. The summed E-state index contributed by atoms with van der Waals surface area (Å²) >= 11 is 0. The summed E-state index contributed by atoms with van der Waals surface area (Å²) in [5, 5.41) is 2.77. The van der Waals surface area contributed by atoms with Crippen molar-refractivity contribution in [2.45, 2.75) is 38.3 Å². The van der Waals surface area contributed by atoms with Crippen LogP contribution in [0.2, 0.25) is 0 Å². The van der Waals surface area contributed by atoms with Crippen LogP contribution in [0.5, 0.6) is 5.75 Å². The Bertz CT molecular complexity index is 907. The van der Waals surface area contributed by atoms with Crippen LogP contribution in [-0.2, 0) is 15.8 Å². The van der Waals surface area contributed by atoms with Crippen LogP contribution in [-0.4, -0.2) is 36.4 Å². The molecule has 1 unspecified atom stereocenters. The number of anilines is 1. The summed E-state index contributed by atoms with van der Waals surface area (Å²) in [6.45, 7) is 3.25. The normalized spacial score (nSPS) is 14.9. The van der Waals surface area contributed by atoms with E-state index < -0.39 is 11.7 Å². The number of carbonyl (C=O) groups excluding carboxylic acids is 2. The zero-order valence-electron chi connectivity index (χ0n) is 17.2. The summed E-state index contributed by atoms with van der Waals surface area (Å²) in [6, 6.07) is 11.6. The minimum absolute atomic E-state index is 0.0532. The van der Waals surface area contributed by atoms with Gasteiger partial charge in [0.15, 0.2) is 6.61 Å². The van der Waals surface area contributed by atoms with Gasteiger partial charge in [-0.1, -0.05) is 25.1 Å². The number of carbonyl (C=O) groups is 2. The molecule has 31 heavy (non-hydrogen) atoms. The first kappa shape index (κ1) is 22.7. The number of likely N-dealkylation sites (tertiary alicyclic amines) is 1. The lowest BCUT2D eigenvalue weighted by molar-refractivity contribution is -0.137. The Hall–Kier alpha value is -3.03. The second kappa shape index (κ2) is 9.85. The molecule has 1 aliphatic heterocycles. The molecule has 0 saturated carbocycles. The quantitative estimate of drug-likeness (QED) is 0.679. The van der Waals surface area contributed by atoms with Gasteiger partial charge in [-0.25, -0.2) is 0 Å². The molecule has 2 aromatic rings. The van der Waals surface area contributed by atoms with Crippen LogP contribution in [0.1, 0.15) is 43.2 Å². The van der Waals surface area contributed by atoms with Crippen molar-refractivity contribution < 1.29 is 27.5 Å². The van der Waals surface area contributed by atoms with E-state index in [9.17, 15) is 22.8 Å². The van der Waals surface area contributed by atoms with Crippen molar-refractivity contribution in [2.24, 2.45) is 0 Å². The minimum Gasteiger partial charge on any atom is -0.484 e. The van der Waals surface area contributed by atoms with Gasteiger partial charge in [0, 0.05) is 31.3 Å². The Morgan fingerprint density at radius 2 is 1.77 bits per heavy atom. The van der Waals surface area contributed by atoms with Gasteiger partial charge in [-0.3, -0.25) is 9.59 Å². The van der Waals surface area contributed by atoms with Gasteiger partial charge in [0.2, 0.25) is 5.91 Å². The van der Waals surface area contributed by atoms with E-state index in [0.717, 1.165) is 38.1 Å². The lowest BCUT2D eigenvalue weighted by Crippen LogP contribution is -2.32. The highest BCUT2D eigenvalue weighted by molar-refractivity contribution is 5.91. The highest BCUT2D eigenvalue weighted by Crippen LogP contribution is 2.30. The first-order chi connectivity index (χ1) is 14.7. The maximum absolute atomic E-state index is 12.7. The molecule has 0 aliphatic carbocycles. The number of nitrogens with zero attached hydrogens (tertiary/aromatic N) is 1. The van der Waals surface area contributed by atoms with E-state index in [2.05, 4.69) is 5.32 Å². The van der Waals surface area contributed by atoms with Gasteiger partial charge < -0.3 is 15.0 Å². The van der Waals surface area contributed by atoms with Crippen LogP contribution in [0.4, 0.5) is 18.9 Å². The van der Waals surface area contributed by atoms with E-state index in [0.29, 0.717) is 17.0 Å². The number of rotatable bonds is 7. The van der Waals surface area contributed by atoms with E-state index in [1.54, 1.807) is 36.1 Å². The Morgan fingerprint density at radius 1 is 1.10 bits per heavy atom. The highest BCUT2D eigenvalue weighted by atomic mass is 19.4. The molecule has 0 bridgehead atoms. The second-order valence-electron chi connectivity index (χ2n) is 7.68. The first-order valence-corrected chi connectivity index (χ1v) is 10.2. The number of alkyl halides is 3. The third-order valence-electron chi connectivity index (χ3n) is 5.24. The van der Waals surface area contributed by atoms with Gasteiger partial charge in [0.05, 0.1) is 5.56 Å². The number of benzene rings is 2. The fraction of sp³-hybridized carbons (Fsp3) is 0.391. The number of nitrogens with one attached hydrogen (secondary N) is 1. The average molecular weight is 434 g/mol. The van der Waals surface area contributed by atoms with Crippen molar-refractivity contribution in [1.29, 1.82) is 0 Å². The van der Waals surface area contributed by atoms with Crippen LogP contribution in [0.3, 0.4) is 0 Å². The van der Waals surface area contributed by atoms with Crippen LogP contribution in [0.25, 0.3) is 0 Å². The molecule has 2 aromatic carbocycles. The standard InChI is InChI=1S/C23H25F3N2O3/c1-16(17-7-9-18(10-8-17)23(24,25)26)13-21(29)27-19-5-4-6-20(14-19)31-15-22(30)28-11-2-3-12-28/h4-10,14,16H,2-3,11-13,15H2,1H3,(H,27,29). The van der Waals surface area contributed by atoms with Crippen molar-refractivity contribution >= 4 is 17.5 Å². The number of ether oxygens (including phenoxy) is 1. The summed E-state index contributed by atoms with van der Waals surface area (Å²) in [7, 11) is 0. The molecule has 1 atom stereocenters. The van der Waals surface area contributed by atoms with E-state index >= 15 is 0 Å². The molecule has 8 heteroatoms. The molecule has 1 heterocycles. The lowest BCUT2D eigenvalue weighted by Gasteiger charge is -2.16. The van der Waals surface area contributed by atoms with Crippen molar-refractivity contribution in [2.75, 3.05) is 25.0 Å². The summed E-state index contributed by atoms with van der Waals surface area (Å²) in [5.74, 6) is -0.101. The monoisotopic (exact) mass is 434 g/mol. The third-order valence-corrected chi connectivity index (χ3v) is 5.24. The Labute approximate surface area is 179 Å². The van der Waals surface area contributed by atoms with Crippen LogP contribution < -0.4 is 10.1 Å². The predicted octanol–water partition coefficient (Wildman–Crippen LogP) is 4.84. The van der Waals surface area contributed by atoms with Gasteiger partial charge in [0.25, 0.3) is 5.91 Å². The van der Waals surface area contributed by atoms with Gasteiger partial charge in [-0.2, -0.15) is 13.2 Å². The van der Waals surface area contributed by atoms with Crippen molar-refractivity contribution in [3.8, 4) is 5.75 Å². The Morgan fingerprint density at radius 3 is 2.42 bits per heavy atom. The van der Waals surface area contributed by atoms with Gasteiger partial charge in [0.1, 0.15) is 5.75 Å². The SMILES string of the molecule is CC(CC(=O)Nc1cccc(OCC(=O)N2CCCC2)c1)c1ccc(C(F)(F)F)cc1. The highest BCUT2D eigenvalue weighted by Gasteiger charge is 2.30. The molecule has 0 aromatic heterocycles. The zero-order valence-corrected chi connectivity index (χ0v) is 17.2. The molecular formula is C23H25F3N2O3. The topological polar surface area (TPSA) is 58.6 Å². The molecule has 0 radical (unpaired) electrons. The average Bonchev–Trinajstić information content (AvgIpc) is 3.26. The van der Waals surface area contributed by atoms with Gasteiger partial charge in [-0.15, -0.1) is 0 Å². The fourth-order valence-corrected chi connectivity index (χ4v) is 3.48. The van der Waals surface area contributed by atoms with Crippen LogP contribution in [0, 0.1) is 0 Å². The lowest BCUT2D eigenvalue weighted by atomic mass is 9.96. The number of hydrogen-bond donors (Lipinski definition) is 1. The molecule has 1 aliphatic rings. The Kier molecular flexibility index (Phi) is 7.20. The number of halogens is 3. The van der Waals surface area contributed by atoms with Crippen molar-refractivity contribution in [3.63, 3.8) is 0 Å². The number of hydrogen-bond acceptors (Lipinski definition) is 3. The van der Waals surface area contributed by atoms with Crippen LogP contribution in [0.15, 0.2) is 48.5 Å². The molecule has 5 nitrogen and oxygen atoms in total. The fourth-order valence-electron chi connectivity index (χ4n) is 3.48. The molecule has 2 amide bonds. The van der Waals surface area contributed by atoms with Gasteiger partial charge >= 0.3 is 6.18 Å². The van der Waals surface area contributed by atoms with E-state index in [1.807, 2.05) is 0 Å². The van der Waals surface area contributed by atoms with Crippen LogP contribution >= 0.6 is 0 Å². The molecule has 166 valence electrons. The minimum atomic E-state index is -4.38. The van der Waals surface area contributed by atoms with E-state index in [1.165, 1.54) is 12.1 Å². The molecule has 3 rings (SSSR count). The van der Waals surface area contributed by atoms with E-state index in [-0.39, 0.29) is 30.8 Å². The van der Waals surface area contributed by atoms with Crippen molar-refractivity contribution in [1.82, 2.24) is 4.90 Å². The third kappa shape index (κ3) is 6.47. The number of amides is 2. The molecule has 1 saturated heterocycles. The molecule has 0 spiro atoms. The second-order valence-corrected chi connectivity index (χ2v) is 7.68. The summed E-state index contributed by atoms with van der Waals surface area (Å²) < 4.78 is 43.6. The summed E-state index contributed by atoms with van der Waals surface area (Å²) in [5.41, 5.74) is 0.462. The Balaban J connectivity index is 1.51. The summed E-state index contributed by atoms with van der Waals surface area (Å²) in [4.78, 5) is 26.2. The van der Waals surface area contributed by atoms with E-state index in [4.69, 9.17) is 4.74 Å². The summed E-state index contributed by atoms with van der Waals surface area (Å²) in [6.07, 6.45) is -2.24. The zero-order chi connectivity index (χ0) is 22.4. The first-order valence-electron chi connectivity index (χ1n) is 10.2. The largest absolute Gasteiger partial charge is 0.484 e. The molecule has 1 N–H and O–H groups in total. The van der Waals surface area contributed by atoms with Crippen molar-refractivity contribution in [3.05, 3.63) is 59.7 Å².